The van der Waals surface area contributed by atoms with Crippen LogP contribution in [0.4, 0.5) is 5.69 Å². The number of hydrogen-bond donors (Lipinski definition) is 1. The summed E-state index contributed by atoms with van der Waals surface area (Å²) in [6, 6.07) is 7.73. The predicted molar refractivity (Wildman–Crippen MR) is 108 cm³/mol. The van der Waals surface area contributed by atoms with Crippen LogP contribution in [0.15, 0.2) is 58.4 Å². The molecule has 10 heteroatoms. The average molecular weight is 427 g/mol. The first-order valence-corrected chi connectivity index (χ1v) is 9.84. The summed E-state index contributed by atoms with van der Waals surface area (Å²) in [5.74, 6) is -2.03. The number of ether oxygens (including phenoxy) is 1. The average Bonchev–Trinajstić information content (AvgIpc) is 3.40. The highest BCUT2D eigenvalue weighted by Gasteiger charge is 2.44. The lowest BCUT2D eigenvalue weighted by Gasteiger charge is -2.31. The smallest absolute Gasteiger partial charge is 0.290 e. The standard InChI is InChI=1S/C21H21N3O7/c25-19(16-5-2-10-31-16)17-18(14-3-1-4-15(13-14)24(28)29)23(21(27)20(17)26)7-6-22-8-11-30-12-9-22/h1-5,10,13,18,26H,6-9,11-12H2/t18-/m1/s1. The number of rotatable bonds is 7. The summed E-state index contributed by atoms with van der Waals surface area (Å²) in [5, 5.41) is 21.9. The quantitative estimate of drug-likeness (QED) is 0.404. The highest BCUT2D eigenvalue weighted by molar-refractivity contribution is 6.15. The Bertz CT molecular complexity index is 1030. The van der Waals surface area contributed by atoms with Gasteiger partial charge in [0.25, 0.3) is 11.6 Å². The fourth-order valence-electron chi connectivity index (χ4n) is 3.89. The molecule has 1 aromatic heterocycles. The van der Waals surface area contributed by atoms with Gasteiger partial charge >= 0.3 is 0 Å². The Kier molecular flexibility index (Phi) is 5.83. The Labute approximate surface area is 177 Å². The minimum absolute atomic E-state index is 0.0280. The molecule has 1 N–H and O–H groups in total. The zero-order valence-corrected chi connectivity index (χ0v) is 16.6. The molecule has 4 rings (SSSR count). The lowest BCUT2D eigenvalue weighted by Crippen LogP contribution is -2.43. The van der Waals surface area contributed by atoms with Crippen LogP contribution < -0.4 is 0 Å². The maximum Gasteiger partial charge on any atom is 0.290 e. The molecule has 1 saturated heterocycles. The summed E-state index contributed by atoms with van der Waals surface area (Å²) < 4.78 is 10.5. The summed E-state index contributed by atoms with van der Waals surface area (Å²) in [7, 11) is 0. The number of furan rings is 1. The Hall–Kier alpha value is -3.50. The van der Waals surface area contributed by atoms with E-state index >= 15 is 0 Å². The fourth-order valence-corrected chi connectivity index (χ4v) is 3.89. The van der Waals surface area contributed by atoms with Crippen molar-refractivity contribution in [3.8, 4) is 0 Å². The van der Waals surface area contributed by atoms with Gasteiger partial charge in [-0.05, 0) is 17.7 Å². The van der Waals surface area contributed by atoms with Gasteiger partial charge in [-0.2, -0.15) is 0 Å². The molecule has 0 unspecified atom stereocenters. The first kappa shape index (κ1) is 20.8. The van der Waals surface area contributed by atoms with Crippen LogP contribution >= 0.6 is 0 Å². The van der Waals surface area contributed by atoms with Crippen LogP contribution in [0.1, 0.15) is 22.2 Å². The summed E-state index contributed by atoms with van der Waals surface area (Å²) in [6.45, 7) is 3.34. The van der Waals surface area contributed by atoms with Crippen LogP contribution in [-0.2, 0) is 9.53 Å². The van der Waals surface area contributed by atoms with E-state index in [1.807, 2.05) is 0 Å². The second-order valence-corrected chi connectivity index (χ2v) is 7.28. The van der Waals surface area contributed by atoms with Gasteiger partial charge in [0.05, 0.1) is 36.0 Å². The lowest BCUT2D eigenvalue weighted by atomic mass is 9.94. The van der Waals surface area contributed by atoms with Gasteiger partial charge in [-0.1, -0.05) is 12.1 Å². The van der Waals surface area contributed by atoms with Crippen LogP contribution in [0.3, 0.4) is 0 Å². The molecule has 0 bridgehead atoms. The van der Waals surface area contributed by atoms with Gasteiger partial charge in [0.15, 0.2) is 11.5 Å². The number of carbonyl (C=O) groups is 2. The van der Waals surface area contributed by atoms with Crippen molar-refractivity contribution in [3.63, 3.8) is 0 Å². The molecule has 1 amide bonds. The topological polar surface area (TPSA) is 126 Å². The van der Waals surface area contributed by atoms with E-state index in [1.165, 1.54) is 41.5 Å². The van der Waals surface area contributed by atoms with Crippen molar-refractivity contribution < 1.29 is 28.8 Å². The zero-order valence-electron chi connectivity index (χ0n) is 16.6. The molecule has 1 atom stereocenters. The van der Waals surface area contributed by atoms with Gasteiger partial charge in [-0.15, -0.1) is 0 Å². The minimum atomic E-state index is -0.967. The molecular weight excluding hydrogens is 406 g/mol. The Morgan fingerprint density at radius 2 is 1.97 bits per heavy atom. The van der Waals surface area contributed by atoms with E-state index in [9.17, 15) is 24.8 Å². The predicted octanol–water partition coefficient (Wildman–Crippen LogP) is 2.10. The SMILES string of the molecule is O=C(C1=C(O)C(=O)N(CCN2CCOCC2)[C@@H]1c1cccc([N+](=O)[O-])c1)c1ccco1. The van der Waals surface area contributed by atoms with Gasteiger partial charge < -0.3 is 19.2 Å². The van der Waals surface area contributed by atoms with E-state index in [-0.39, 0.29) is 23.6 Å². The Morgan fingerprint density at radius 1 is 1.19 bits per heavy atom. The molecule has 2 aromatic rings. The largest absolute Gasteiger partial charge is 0.503 e. The van der Waals surface area contributed by atoms with Crippen LogP contribution in [0.2, 0.25) is 0 Å². The van der Waals surface area contributed by atoms with Gasteiger partial charge in [0, 0.05) is 38.3 Å². The number of non-ortho nitro benzene ring substituents is 1. The van der Waals surface area contributed by atoms with E-state index in [4.69, 9.17) is 9.15 Å². The number of nitro groups is 1. The van der Waals surface area contributed by atoms with Crippen LogP contribution in [0, 0.1) is 10.1 Å². The summed E-state index contributed by atoms with van der Waals surface area (Å²) >= 11 is 0. The fraction of sp³-hybridized carbons (Fsp3) is 0.333. The summed E-state index contributed by atoms with van der Waals surface area (Å²) in [6.07, 6.45) is 1.32. The lowest BCUT2D eigenvalue weighted by molar-refractivity contribution is -0.384. The third-order valence-corrected chi connectivity index (χ3v) is 5.45. The molecule has 2 aliphatic heterocycles. The van der Waals surface area contributed by atoms with Crippen LogP contribution in [0.25, 0.3) is 0 Å². The number of amides is 1. The molecule has 1 fully saturated rings. The third-order valence-electron chi connectivity index (χ3n) is 5.45. The molecule has 31 heavy (non-hydrogen) atoms. The Balaban J connectivity index is 1.70. The van der Waals surface area contributed by atoms with Crippen molar-refractivity contribution in [2.45, 2.75) is 6.04 Å². The number of aliphatic hydroxyl groups excluding tert-OH is 1. The molecule has 0 aliphatic carbocycles. The van der Waals surface area contributed by atoms with E-state index < -0.39 is 28.4 Å². The number of morpholine rings is 1. The highest BCUT2D eigenvalue weighted by Crippen LogP contribution is 2.39. The zero-order chi connectivity index (χ0) is 22.0. The number of hydrogen-bond acceptors (Lipinski definition) is 8. The van der Waals surface area contributed by atoms with E-state index in [1.54, 1.807) is 6.07 Å². The normalized spacial score (nSPS) is 19.8. The van der Waals surface area contributed by atoms with Crippen molar-refractivity contribution in [1.82, 2.24) is 9.80 Å². The number of ketones is 1. The highest BCUT2D eigenvalue weighted by atomic mass is 16.6. The molecule has 0 saturated carbocycles. The maximum atomic E-state index is 13.1. The van der Waals surface area contributed by atoms with Gasteiger partial charge in [-0.25, -0.2) is 0 Å². The number of nitrogens with zero attached hydrogens (tertiary/aromatic N) is 3. The summed E-state index contributed by atoms with van der Waals surface area (Å²) in [4.78, 5) is 40.2. The number of benzene rings is 1. The van der Waals surface area contributed by atoms with Crippen LogP contribution in [0.5, 0.6) is 0 Å². The second-order valence-electron chi connectivity index (χ2n) is 7.28. The number of nitro benzene ring substituents is 1. The summed E-state index contributed by atoms with van der Waals surface area (Å²) in [5.41, 5.74) is 0.0418. The van der Waals surface area contributed by atoms with E-state index in [2.05, 4.69) is 4.90 Å². The molecule has 0 spiro atoms. The first-order valence-electron chi connectivity index (χ1n) is 9.84. The van der Waals surface area contributed by atoms with Gasteiger partial charge in [0.2, 0.25) is 5.78 Å². The monoisotopic (exact) mass is 427 g/mol. The van der Waals surface area contributed by atoms with Crippen LogP contribution in [-0.4, -0.2) is 70.9 Å². The van der Waals surface area contributed by atoms with E-state index in [0.29, 0.717) is 38.4 Å². The number of Topliss-reactive ketones (excluding diaryl/α,β-unsaturated/α-hetero) is 1. The molecule has 1 aromatic carbocycles. The van der Waals surface area contributed by atoms with Gasteiger partial charge in [0.1, 0.15) is 0 Å². The van der Waals surface area contributed by atoms with E-state index in [0.717, 1.165) is 0 Å². The molecule has 10 nitrogen and oxygen atoms in total. The van der Waals surface area contributed by atoms with Gasteiger partial charge in [-0.3, -0.25) is 24.6 Å². The van der Waals surface area contributed by atoms with Crippen molar-refractivity contribution in [2.75, 3.05) is 39.4 Å². The molecule has 3 heterocycles. The van der Waals surface area contributed by atoms with Crippen molar-refractivity contribution >= 4 is 17.4 Å². The third kappa shape index (κ3) is 4.07. The van der Waals surface area contributed by atoms with Crippen molar-refractivity contribution in [1.29, 1.82) is 0 Å². The number of aliphatic hydroxyl groups is 1. The number of carbonyl (C=O) groups excluding carboxylic acids is 2. The Morgan fingerprint density at radius 3 is 2.65 bits per heavy atom. The second kappa shape index (κ2) is 8.70. The molecule has 2 aliphatic rings. The van der Waals surface area contributed by atoms with Crippen molar-refractivity contribution in [3.05, 3.63) is 75.4 Å². The molecule has 162 valence electrons. The molecular formula is C21H21N3O7. The minimum Gasteiger partial charge on any atom is -0.503 e. The molecule has 0 radical (unpaired) electrons. The maximum absolute atomic E-state index is 13.1. The van der Waals surface area contributed by atoms with Crippen molar-refractivity contribution in [2.24, 2.45) is 0 Å². The first-order chi connectivity index (χ1) is 15.0.